The molecule has 0 aliphatic heterocycles. The minimum Gasteiger partial charge on any atom is -0.381 e. The summed E-state index contributed by atoms with van der Waals surface area (Å²) in [5, 5.41) is 7.62. The van der Waals surface area contributed by atoms with E-state index in [4.69, 9.17) is 4.74 Å². The van der Waals surface area contributed by atoms with Crippen LogP contribution < -0.4 is 10.6 Å². The van der Waals surface area contributed by atoms with Crippen molar-refractivity contribution in [1.29, 1.82) is 0 Å². The third-order valence-electron chi connectivity index (χ3n) is 2.79. The molecule has 1 rings (SSSR count). The Hall–Kier alpha value is -1.14. The van der Waals surface area contributed by atoms with Gasteiger partial charge in [-0.3, -0.25) is 0 Å². The van der Waals surface area contributed by atoms with E-state index in [1.807, 2.05) is 6.20 Å². The van der Waals surface area contributed by atoms with Gasteiger partial charge in [0, 0.05) is 37.4 Å². The molecule has 0 atom stereocenters. The van der Waals surface area contributed by atoms with Gasteiger partial charge in [-0.25, -0.2) is 9.98 Å². The Kier molecular flexibility index (Phi) is 9.82. The van der Waals surface area contributed by atoms with Gasteiger partial charge in [0.1, 0.15) is 5.01 Å². The monoisotopic (exact) mass is 312 g/mol. The summed E-state index contributed by atoms with van der Waals surface area (Å²) in [7, 11) is 0. The standard InChI is InChI=1S/C15H28N4OS/c1-4-6-9-20-10-7-8-17-15(16-5-2)19-12-14-18-11-13(3)21-14/h11H,4-10,12H2,1-3H3,(H2,16,17,19). The summed E-state index contributed by atoms with van der Waals surface area (Å²) in [4.78, 5) is 10.1. The van der Waals surface area contributed by atoms with Gasteiger partial charge in [0.05, 0.1) is 6.54 Å². The van der Waals surface area contributed by atoms with Crippen LogP contribution in [0.5, 0.6) is 0 Å². The zero-order chi connectivity index (χ0) is 15.3. The lowest BCUT2D eigenvalue weighted by Crippen LogP contribution is -2.38. The Balaban J connectivity index is 2.22. The first kappa shape index (κ1) is 17.9. The van der Waals surface area contributed by atoms with E-state index in [0.717, 1.165) is 50.1 Å². The van der Waals surface area contributed by atoms with Gasteiger partial charge in [-0.1, -0.05) is 13.3 Å². The molecule has 1 heterocycles. The van der Waals surface area contributed by atoms with Gasteiger partial charge in [0.15, 0.2) is 5.96 Å². The maximum atomic E-state index is 5.54. The van der Waals surface area contributed by atoms with E-state index in [0.29, 0.717) is 6.54 Å². The van der Waals surface area contributed by atoms with Crippen LogP contribution in [0, 0.1) is 6.92 Å². The molecule has 1 aromatic rings. The van der Waals surface area contributed by atoms with Gasteiger partial charge in [-0.05, 0) is 26.7 Å². The topological polar surface area (TPSA) is 58.5 Å². The van der Waals surface area contributed by atoms with Gasteiger partial charge >= 0.3 is 0 Å². The van der Waals surface area contributed by atoms with E-state index in [1.165, 1.54) is 11.3 Å². The Labute approximate surface area is 132 Å². The zero-order valence-electron chi connectivity index (χ0n) is 13.4. The number of guanidine groups is 1. The van der Waals surface area contributed by atoms with Crippen LogP contribution in [0.3, 0.4) is 0 Å². The summed E-state index contributed by atoms with van der Waals surface area (Å²) in [5.41, 5.74) is 0. The minimum absolute atomic E-state index is 0.626. The molecule has 0 fully saturated rings. The highest BCUT2D eigenvalue weighted by atomic mass is 32.1. The van der Waals surface area contributed by atoms with Crippen LogP contribution >= 0.6 is 11.3 Å². The molecule has 0 saturated carbocycles. The van der Waals surface area contributed by atoms with E-state index < -0.39 is 0 Å². The van der Waals surface area contributed by atoms with E-state index in [1.54, 1.807) is 11.3 Å². The number of ether oxygens (including phenoxy) is 1. The van der Waals surface area contributed by atoms with E-state index in [-0.39, 0.29) is 0 Å². The predicted molar refractivity (Wildman–Crippen MR) is 90.0 cm³/mol. The van der Waals surface area contributed by atoms with Gasteiger partial charge in [0.2, 0.25) is 0 Å². The first-order valence-electron chi connectivity index (χ1n) is 7.77. The molecule has 0 amide bonds. The number of nitrogens with one attached hydrogen (secondary N) is 2. The summed E-state index contributed by atoms with van der Waals surface area (Å²) < 4.78 is 5.54. The third-order valence-corrected chi connectivity index (χ3v) is 3.68. The molecule has 0 aliphatic rings. The van der Waals surface area contributed by atoms with Crippen LogP contribution in [0.2, 0.25) is 0 Å². The number of unbranched alkanes of at least 4 members (excludes halogenated alkanes) is 1. The molecule has 0 spiro atoms. The van der Waals surface area contributed by atoms with Gasteiger partial charge in [-0.2, -0.15) is 0 Å². The molecule has 0 aromatic carbocycles. The Morgan fingerprint density at radius 3 is 2.76 bits per heavy atom. The van der Waals surface area contributed by atoms with Crippen LogP contribution in [0.4, 0.5) is 0 Å². The molecule has 21 heavy (non-hydrogen) atoms. The van der Waals surface area contributed by atoms with Crippen molar-refractivity contribution >= 4 is 17.3 Å². The van der Waals surface area contributed by atoms with Crippen LogP contribution in [-0.4, -0.2) is 37.2 Å². The van der Waals surface area contributed by atoms with E-state index in [9.17, 15) is 0 Å². The SMILES string of the molecule is CCCCOCCCNC(=NCc1ncc(C)s1)NCC. The molecule has 0 bridgehead atoms. The average Bonchev–Trinajstić information content (AvgIpc) is 2.89. The number of thiazole rings is 1. The van der Waals surface area contributed by atoms with Crippen molar-refractivity contribution in [1.82, 2.24) is 15.6 Å². The maximum absolute atomic E-state index is 5.54. The quantitative estimate of drug-likeness (QED) is 0.396. The molecule has 0 unspecified atom stereocenters. The molecule has 6 heteroatoms. The minimum atomic E-state index is 0.626. The van der Waals surface area contributed by atoms with Crippen molar-refractivity contribution < 1.29 is 4.74 Å². The Morgan fingerprint density at radius 2 is 2.10 bits per heavy atom. The van der Waals surface area contributed by atoms with Gasteiger partial charge in [0.25, 0.3) is 0 Å². The second-order valence-electron chi connectivity index (χ2n) is 4.81. The molecular weight excluding hydrogens is 284 g/mol. The van der Waals surface area contributed by atoms with Gasteiger partial charge in [-0.15, -0.1) is 11.3 Å². The number of rotatable bonds is 10. The van der Waals surface area contributed by atoms with Crippen molar-refractivity contribution in [3.8, 4) is 0 Å². The molecule has 2 N–H and O–H groups in total. The van der Waals surface area contributed by atoms with Crippen LogP contribution in [-0.2, 0) is 11.3 Å². The van der Waals surface area contributed by atoms with E-state index in [2.05, 4.69) is 41.4 Å². The fourth-order valence-corrected chi connectivity index (χ4v) is 2.40. The molecule has 0 aliphatic carbocycles. The number of aromatic nitrogens is 1. The lowest BCUT2D eigenvalue weighted by molar-refractivity contribution is 0.129. The van der Waals surface area contributed by atoms with Gasteiger partial charge < -0.3 is 15.4 Å². The Morgan fingerprint density at radius 1 is 1.29 bits per heavy atom. The number of aryl methyl sites for hydroxylation is 1. The molecular formula is C15H28N4OS. The summed E-state index contributed by atoms with van der Waals surface area (Å²) in [6.45, 7) is 10.3. The van der Waals surface area contributed by atoms with Crippen LogP contribution in [0.25, 0.3) is 0 Å². The van der Waals surface area contributed by atoms with Crippen molar-refractivity contribution in [2.45, 2.75) is 46.6 Å². The molecule has 120 valence electrons. The van der Waals surface area contributed by atoms with Crippen molar-refractivity contribution in [2.75, 3.05) is 26.3 Å². The summed E-state index contributed by atoms with van der Waals surface area (Å²) in [6, 6.07) is 0. The fraction of sp³-hybridized carbons (Fsp3) is 0.733. The molecule has 0 radical (unpaired) electrons. The van der Waals surface area contributed by atoms with Crippen LogP contribution in [0.1, 0.15) is 43.0 Å². The fourth-order valence-electron chi connectivity index (χ4n) is 1.69. The second-order valence-corrected chi connectivity index (χ2v) is 6.13. The smallest absolute Gasteiger partial charge is 0.191 e. The molecule has 5 nitrogen and oxygen atoms in total. The first-order chi connectivity index (χ1) is 10.3. The lowest BCUT2D eigenvalue weighted by Gasteiger charge is -2.11. The zero-order valence-corrected chi connectivity index (χ0v) is 14.3. The number of hydrogen-bond donors (Lipinski definition) is 2. The summed E-state index contributed by atoms with van der Waals surface area (Å²) in [6.07, 6.45) is 5.21. The number of hydrogen-bond acceptors (Lipinski definition) is 4. The van der Waals surface area contributed by atoms with Crippen molar-refractivity contribution in [3.63, 3.8) is 0 Å². The largest absolute Gasteiger partial charge is 0.381 e. The number of nitrogens with zero attached hydrogens (tertiary/aromatic N) is 2. The highest BCUT2D eigenvalue weighted by Gasteiger charge is 2.00. The Bertz CT molecular complexity index is 406. The summed E-state index contributed by atoms with van der Waals surface area (Å²) >= 11 is 1.69. The third kappa shape index (κ3) is 8.67. The molecule has 0 saturated heterocycles. The second kappa shape index (κ2) is 11.5. The maximum Gasteiger partial charge on any atom is 0.191 e. The van der Waals surface area contributed by atoms with Crippen molar-refractivity contribution in [2.24, 2.45) is 4.99 Å². The first-order valence-corrected chi connectivity index (χ1v) is 8.59. The normalized spacial score (nSPS) is 11.7. The predicted octanol–water partition coefficient (Wildman–Crippen LogP) is 2.71. The van der Waals surface area contributed by atoms with Crippen molar-refractivity contribution in [3.05, 3.63) is 16.1 Å². The highest BCUT2D eigenvalue weighted by molar-refractivity contribution is 7.11. The summed E-state index contributed by atoms with van der Waals surface area (Å²) in [5.74, 6) is 0.846. The lowest BCUT2D eigenvalue weighted by atomic mass is 10.4. The number of aliphatic imine (C=N–C) groups is 1. The highest BCUT2D eigenvalue weighted by Crippen LogP contribution is 2.11. The van der Waals surface area contributed by atoms with Crippen LogP contribution in [0.15, 0.2) is 11.2 Å². The van der Waals surface area contributed by atoms with E-state index >= 15 is 0 Å². The molecule has 1 aromatic heterocycles. The average molecular weight is 312 g/mol.